The van der Waals surface area contributed by atoms with Gasteiger partial charge in [0.15, 0.2) is 30.1 Å². The average molecular weight is 302 g/mol. The zero-order valence-corrected chi connectivity index (χ0v) is 13.0. The average Bonchev–Trinajstić information content (AvgIpc) is 2.90. The number of ether oxygens (including phenoxy) is 6. The van der Waals surface area contributed by atoms with Gasteiger partial charge in [0.1, 0.15) is 12.2 Å². The summed E-state index contributed by atoms with van der Waals surface area (Å²) in [5, 5.41) is 0. The number of esters is 1. The lowest BCUT2D eigenvalue weighted by molar-refractivity contribution is -0.235. The van der Waals surface area contributed by atoms with E-state index in [1.807, 2.05) is 13.8 Å². The first-order valence-electron chi connectivity index (χ1n) is 7.17. The van der Waals surface area contributed by atoms with E-state index in [0.29, 0.717) is 6.61 Å². The molecule has 5 atom stereocenters. The minimum absolute atomic E-state index is 0.328. The lowest BCUT2D eigenvalue weighted by atomic mass is 10.1. The molecule has 3 heterocycles. The van der Waals surface area contributed by atoms with Crippen LogP contribution in [-0.4, -0.2) is 54.9 Å². The molecule has 7 heteroatoms. The maximum Gasteiger partial charge on any atom is 0.303 e. The molecule has 0 spiro atoms. The Morgan fingerprint density at radius 1 is 1.05 bits per heavy atom. The zero-order valence-electron chi connectivity index (χ0n) is 13.0. The molecule has 0 amide bonds. The van der Waals surface area contributed by atoms with E-state index >= 15 is 0 Å². The van der Waals surface area contributed by atoms with E-state index in [-0.39, 0.29) is 12.1 Å². The van der Waals surface area contributed by atoms with Crippen LogP contribution in [-0.2, 0) is 33.2 Å². The second-order valence-electron chi connectivity index (χ2n) is 6.51. The molecule has 0 aromatic carbocycles. The molecule has 0 aliphatic carbocycles. The predicted octanol–water partition coefficient (Wildman–Crippen LogP) is 0.946. The highest BCUT2D eigenvalue weighted by atomic mass is 16.8. The Labute approximate surface area is 123 Å². The van der Waals surface area contributed by atoms with Crippen LogP contribution in [0.4, 0.5) is 0 Å². The van der Waals surface area contributed by atoms with Gasteiger partial charge in [-0.3, -0.25) is 4.79 Å². The van der Waals surface area contributed by atoms with Gasteiger partial charge in [0.25, 0.3) is 0 Å². The Hall–Kier alpha value is -0.730. The molecule has 3 fully saturated rings. The van der Waals surface area contributed by atoms with Crippen LogP contribution in [0.2, 0.25) is 0 Å². The van der Waals surface area contributed by atoms with Crippen LogP contribution in [0.5, 0.6) is 0 Å². The minimum atomic E-state index is -0.759. The normalized spacial score (nSPS) is 43.8. The summed E-state index contributed by atoms with van der Waals surface area (Å²) >= 11 is 0. The predicted molar refractivity (Wildman–Crippen MR) is 69.2 cm³/mol. The summed E-state index contributed by atoms with van der Waals surface area (Å²) in [7, 11) is 0. The van der Waals surface area contributed by atoms with Crippen LogP contribution in [0.1, 0.15) is 34.6 Å². The van der Waals surface area contributed by atoms with Crippen molar-refractivity contribution in [2.45, 2.75) is 76.9 Å². The molecular formula is C14H22O7. The van der Waals surface area contributed by atoms with Crippen LogP contribution in [0, 0.1) is 0 Å². The fraction of sp³-hybridized carbons (Fsp3) is 0.929. The fourth-order valence-corrected chi connectivity index (χ4v) is 3.01. The molecule has 0 saturated carbocycles. The van der Waals surface area contributed by atoms with Crippen LogP contribution in [0.3, 0.4) is 0 Å². The van der Waals surface area contributed by atoms with E-state index in [1.54, 1.807) is 13.8 Å². The first-order valence-corrected chi connectivity index (χ1v) is 7.17. The quantitative estimate of drug-likeness (QED) is 0.703. The van der Waals surface area contributed by atoms with Crippen molar-refractivity contribution in [2.24, 2.45) is 0 Å². The highest BCUT2D eigenvalue weighted by Crippen LogP contribution is 2.41. The van der Waals surface area contributed by atoms with Crippen molar-refractivity contribution < 1.29 is 33.2 Å². The summed E-state index contributed by atoms with van der Waals surface area (Å²) in [5.41, 5.74) is 0. The molecule has 0 N–H and O–H groups in total. The number of hydrogen-bond acceptors (Lipinski definition) is 7. The van der Waals surface area contributed by atoms with E-state index < -0.39 is 36.2 Å². The maximum absolute atomic E-state index is 11.4. The Balaban J connectivity index is 1.77. The van der Waals surface area contributed by atoms with Crippen molar-refractivity contribution in [3.05, 3.63) is 0 Å². The molecule has 0 aromatic rings. The summed E-state index contributed by atoms with van der Waals surface area (Å²) in [4.78, 5) is 11.4. The van der Waals surface area contributed by atoms with E-state index in [2.05, 4.69) is 0 Å². The largest absolute Gasteiger partial charge is 0.457 e. The van der Waals surface area contributed by atoms with Gasteiger partial charge in [-0.2, -0.15) is 0 Å². The second kappa shape index (κ2) is 4.89. The van der Waals surface area contributed by atoms with Gasteiger partial charge in [0, 0.05) is 6.92 Å². The zero-order chi connectivity index (χ0) is 15.4. The molecule has 120 valence electrons. The van der Waals surface area contributed by atoms with E-state index in [0.717, 1.165) is 0 Å². The summed E-state index contributed by atoms with van der Waals surface area (Å²) < 4.78 is 34.2. The highest BCUT2D eigenvalue weighted by molar-refractivity contribution is 5.66. The third kappa shape index (κ3) is 2.93. The molecular weight excluding hydrogens is 280 g/mol. The molecule has 4 unspecified atom stereocenters. The van der Waals surface area contributed by atoms with Crippen LogP contribution < -0.4 is 0 Å². The van der Waals surface area contributed by atoms with Gasteiger partial charge >= 0.3 is 5.97 Å². The van der Waals surface area contributed by atoms with Crippen LogP contribution in [0.15, 0.2) is 0 Å². The summed E-state index contributed by atoms with van der Waals surface area (Å²) in [6.07, 6.45) is -2.40. The third-order valence-electron chi connectivity index (χ3n) is 3.73. The molecule has 0 radical (unpaired) electrons. The van der Waals surface area contributed by atoms with Gasteiger partial charge in [0.05, 0.1) is 6.61 Å². The van der Waals surface area contributed by atoms with Crippen molar-refractivity contribution in [1.29, 1.82) is 0 Å². The van der Waals surface area contributed by atoms with E-state index in [4.69, 9.17) is 28.4 Å². The Kier molecular flexibility index (Phi) is 3.53. The van der Waals surface area contributed by atoms with Gasteiger partial charge in [0.2, 0.25) is 0 Å². The number of fused-ring (bicyclic) bond motifs is 1. The molecule has 0 aromatic heterocycles. The molecule has 3 aliphatic rings. The number of hydrogen-bond donors (Lipinski definition) is 0. The molecule has 21 heavy (non-hydrogen) atoms. The lowest BCUT2D eigenvalue weighted by Gasteiger charge is -2.28. The van der Waals surface area contributed by atoms with Crippen molar-refractivity contribution >= 4 is 5.97 Å². The fourth-order valence-electron chi connectivity index (χ4n) is 3.01. The van der Waals surface area contributed by atoms with Crippen molar-refractivity contribution in [1.82, 2.24) is 0 Å². The third-order valence-corrected chi connectivity index (χ3v) is 3.73. The highest BCUT2D eigenvalue weighted by Gasteiger charge is 2.59. The summed E-state index contributed by atoms with van der Waals surface area (Å²) in [6.45, 7) is 9.00. The topological polar surface area (TPSA) is 72.5 Å². The number of rotatable bonds is 2. The molecule has 3 aliphatic heterocycles. The second-order valence-corrected chi connectivity index (χ2v) is 6.51. The number of carbonyl (C=O) groups is 1. The van der Waals surface area contributed by atoms with E-state index in [9.17, 15) is 4.79 Å². The van der Waals surface area contributed by atoms with Crippen LogP contribution in [0.25, 0.3) is 0 Å². The van der Waals surface area contributed by atoms with Gasteiger partial charge in [-0.05, 0) is 27.7 Å². The van der Waals surface area contributed by atoms with Gasteiger partial charge < -0.3 is 28.4 Å². The standard InChI is InChI=1S/C14H22O7/c1-7(15)17-10-9(8-6-16-13(2,3)19-8)18-12-11(10)20-14(4,5)21-12/h8-12H,6H2,1-5H3/t8?,9?,10-,11?,12?/m1/s1. The molecule has 7 nitrogen and oxygen atoms in total. The van der Waals surface area contributed by atoms with Crippen molar-refractivity contribution in [2.75, 3.05) is 6.61 Å². The van der Waals surface area contributed by atoms with Gasteiger partial charge in [-0.1, -0.05) is 0 Å². The van der Waals surface area contributed by atoms with Gasteiger partial charge in [-0.15, -0.1) is 0 Å². The Morgan fingerprint density at radius 2 is 1.76 bits per heavy atom. The van der Waals surface area contributed by atoms with Crippen LogP contribution >= 0.6 is 0 Å². The Morgan fingerprint density at radius 3 is 2.33 bits per heavy atom. The lowest BCUT2D eigenvalue weighted by Crippen LogP contribution is -2.44. The SMILES string of the molecule is CC(=O)O[C@@H]1C(C2COC(C)(C)O2)OC2OC(C)(C)OC21. The first kappa shape index (κ1) is 15.2. The van der Waals surface area contributed by atoms with E-state index in [1.165, 1.54) is 6.92 Å². The monoisotopic (exact) mass is 302 g/mol. The van der Waals surface area contributed by atoms with Crippen molar-refractivity contribution in [3.63, 3.8) is 0 Å². The van der Waals surface area contributed by atoms with Gasteiger partial charge in [-0.25, -0.2) is 0 Å². The molecule has 3 saturated heterocycles. The minimum Gasteiger partial charge on any atom is -0.457 e. The molecule has 0 bridgehead atoms. The summed E-state index contributed by atoms with van der Waals surface area (Å²) in [6, 6.07) is 0. The molecule has 3 rings (SSSR count). The Bertz CT molecular complexity index is 433. The first-order chi connectivity index (χ1) is 9.67. The number of carbonyl (C=O) groups excluding carboxylic acids is 1. The summed E-state index contributed by atoms with van der Waals surface area (Å²) in [5.74, 6) is -1.82. The maximum atomic E-state index is 11.4. The smallest absolute Gasteiger partial charge is 0.303 e. The van der Waals surface area contributed by atoms with Crippen molar-refractivity contribution in [3.8, 4) is 0 Å².